The Morgan fingerprint density at radius 1 is 0.667 bits per heavy atom. The summed E-state index contributed by atoms with van der Waals surface area (Å²) in [6.45, 7) is 4.77. The number of rotatable bonds is 11. The number of hydrogen-bond donors (Lipinski definition) is 1. The van der Waals surface area contributed by atoms with Crippen LogP contribution in [-0.2, 0) is 0 Å². The summed E-state index contributed by atoms with van der Waals surface area (Å²) >= 11 is 0. The normalized spacial score (nSPS) is 40.1. The highest BCUT2D eigenvalue weighted by atomic mass is 14.9. The van der Waals surface area contributed by atoms with Gasteiger partial charge in [-0.1, -0.05) is 119 Å². The van der Waals surface area contributed by atoms with Crippen LogP contribution in [0.4, 0.5) is 0 Å². The second-order valence-corrected chi connectivity index (χ2v) is 19.1. The summed E-state index contributed by atoms with van der Waals surface area (Å²) in [6, 6.07) is 0.514. The SMILES string of the molecule is CCCCC(CCC)C1=CCCC(C2=CCC(C3C=CC(C4C=C5CCCCC5C5CCCCC45)C4CCCCC34)C(NC3C=CCCC3)=C2)C1. The second-order valence-electron chi connectivity index (χ2n) is 19.1. The fraction of sp³-hybridized carbons (Fsp3) is 0.760. The predicted molar refractivity (Wildman–Crippen MR) is 218 cm³/mol. The van der Waals surface area contributed by atoms with Gasteiger partial charge in [-0.2, -0.15) is 0 Å². The van der Waals surface area contributed by atoms with E-state index < -0.39 is 0 Å². The quantitative estimate of drug-likeness (QED) is 0.213. The molecule has 1 heteroatoms. The Morgan fingerprint density at radius 3 is 2.22 bits per heavy atom. The van der Waals surface area contributed by atoms with Crippen LogP contribution in [0.1, 0.15) is 168 Å². The van der Waals surface area contributed by atoms with Crippen LogP contribution in [0.25, 0.3) is 0 Å². The maximum atomic E-state index is 4.27. The van der Waals surface area contributed by atoms with Crippen LogP contribution < -0.4 is 5.32 Å². The summed E-state index contributed by atoms with van der Waals surface area (Å²) in [5.74, 6) is 9.13. The first kappa shape index (κ1) is 36.2. The summed E-state index contributed by atoms with van der Waals surface area (Å²) in [5, 5.41) is 4.27. The van der Waals surface area contributed by atoms with E-state index in [-0.39, 0.29) is 0 Å². The Morgan fingerprint density at radius 2 is 1.43 bits per heavy atom. The molecular weight excluding hydrogens is 615 g/mol. The van der Waals surface area contributed by atoms with Gasteiger partial charge in [-0.3, -0.25) is 0 Å². The third-order valence-electron chi connectivity index (χ3n) is 16.2. The molecule has 0 amide bonds. The van der Waals surface area contributed by atoms with Gasteiger partial charge < -0.3 is 5.32 Å². The Kier molecular flexibility index (Phi) is 12.2. The van der Waals surface area contributed by atoms with Crippen molar-refractivity contribution in [2.24, 2.45) is 65.1 Å². The number of hydrogen-bond acceptors (Lipinski definition) is 1. The molecule has 8 rings (SSSR count). The number of fused-ring (bicyclic) bond motifs is 4. The van der Waals surface area contributed by atoms with Gasteiger partial charge in [-0.25, -0.2) is 0 Å². The van der Waals surface area contributed by atoms with Crippen molar-refractivity contribution in [1.29, 1.82) is 0 Å². The van der Waals surface area contributed by atoms with Crippen LogP contribution in [0.3, 0.4) is 0 Å². The van der Waals surface area contributed by atoms with Crippen molar-refractivity contribution < 1.29 is 0 Å². The van der Waals surface area contributed by atoms with Crippen molar-refractivity contribution >= 4 is 0 Å². The zero-order valence-electron chi connectivity index (χ0n) is 33.0. The van der Waals surface area contributed by atoms with Gasteiger partial charge in [-0.05, 0) is 174 Å². The zero-order valence-corrected chi connectivity index (χ0v) is 33.0. The molecule has 12 atom stereocenters. The molecule has 0 spiro atoms. The largest absolute Gasteiger partial charge is 0.382 e. The maximum Gasteiger partial charge on any atom is 0.0441 e. The van der Waals surface area contributed by atoms with E-state index in [1.807, 2.05) is 11.1 Å². The predicted octanol–water partition coefficient (Wildman–Crippen LogP) is 14.0. The first-order chi connectivity index (χ1) is 25.2. The van der Waals surface area contributed by atoms with E-state index in [2.05, 4.69) is 67.8 Å². The second kappa shape index (κ2) is 17.1. The minimum absolute atomic E-state index is 0.514. The minimum Gasteiger partial charge on any atom is -0.382 e. The van der Waals surface area contributed by atoms with Gasteiger partial charge in [0.25, 0.3) is 0 Å². The summed E-state index contributed by atoms with van der Waals surface area (Å²) in [6.07, 6.45) is 55.5. The fourth-order valence-electron chi connectivity index (χ4n) is 13.8. The molecule has 51 heavy (non-hydrogen) atoms. The number of allylic oxidation sites excluding steroid dienone is 11. The molecule has 1 N–H and O–H groups in total. The van der Waals surface area contributed by atoms with E-state index >= 15 is 0 Å². The standard InChI is InChI=1S/C50H75N/c1-3-5-17-35(16-4-2)36-19-15-20-37(32-36)38-28-29-48(50(34-38)51-40-21-7-6-8-22-40)46-30-31-47(44-26-13-12-25-43(44)46)49-33-39-18-9-10-23-41(39)42-24-11-14-27-45(42)49/h7,19,21,28,30-31,33-35,37,40-49,51H,3-6,8-18,20,22-27,29,32H2,1-2H3. The topological polar surface area (TPSA) is 12.0 Å². The highest BCUT2D eigenvalue weighted by Crippen LogP contribution is 2.58. The average Bonchev–Trinajstić information content (AvgIpc) is 3.19. The Balaban J connectivity index is 1.06. The first-order valence-electron chi connectivity index (χ1n) is 23.1. The fourth-order valence-corrected chi connectivity index (χ4v) is 13.8. The van der Waals surface area contributed by atoms with Crippen LogP contribution >= 0.6 is 0 Å². The molecule has 0 bridgehead atoms. The van der Waals surface area contributed by atoms with E-state index in [0.29, 0.717) is 23.8 Å². The van der Waals surface area contributed by atoms with Gasteiger partial charge in [-0.15, -0.1) is 0 Å². The molecule has 280 valence electrons. The molecule has 0 saturated heterocycles. The van der Waals surface area contributed by atoms with Crippen LogP contribution in [0.15, 0.2) is 71.0 Å². The molecule has 8 aliphatic rings. The van der Waals surface area contributed by atoms with Crippen molar-refractivity contribution in [3.05, 3.63) is 71.0 Å². The van der Waals surface area contributed by atoms with Crippen LogP contribution in [0.5, 0.6) is 0 Å². The molecule has 0 heterocycles. The zero-order chi connectivity index (χ0) is 34.6. The van der Waals surface area contributed by atoms with E-state index in [9.17, 15) is 0 Å². The van der Waals surface area contributed by atoms with Gasteiger partial charge >= 0.3 is 0 Å². The van der Waals surface area contributed by atoms with E-state index in [1.165, 1.54) is 154 Å². The third-order valence-corrected chi connectivity index (χ3v) is 16.2. The van der Waals surface area contributed by atoms with Crippen LogP contribution in [0.2, 0.25) is 0 Å². The summed E-state index contributed by atoms with van der Waals surface area (Å²) in [4.78, 5) is 0. The van der Waals surface area contributed by atoms with Gasteiger partial charge in [0, 0.05) is 17.7 Å². The molecule has 1 nitrogen and oxygen atoms in total. The van der Waals surface area contributed by atoms with E-state index in [1.54, 1.807) is 11.3 Å². The molecule has 12 unspecified atom stereocenters. The Labute approximate surface area is 314 Å². The Hall–Kier alpha value is -1.76. The summed E-state index contributed by atoms with van der Waals surface area (Å²) in [5.41, 5.74) is 7.03. The average molecular weight is 690 g/mol. The number of unbranched alkanes of at least 4 members (excludes halogenated alkanes) is 1. The summed E-state index contributed by atoms with van der Waals surface area (Å²) < 4.78 is 0. The van der Waals surface area contributed by atoms with Gasteiger partial charge in [0.15, 0.2) is 0 Å². The lowest BCUT2D eigenvalue weighted by molar-refractivity contribution is 0.0337. The monoisotopic (exact) mass is 690 g/mol. The molecule has 8 aliphatic carbocycles. The minimum atomic E-state index is 0.514. The lowest BCUT2D eigenvalue weighted by Gasteiger charge is -2.53. The highest BCUT2D eigenvalue weighted by Gasteiger charge is 2.49. The molecule has 0 aromatic heterocycles. The van der Waals surface area contributed by atoms with Crippen LogP contribution in [0, 0.1) is 65.1 Å². The molecule has 3 fully saturated rings. The molecule has 0 aromatic rings. The Bertz CT molecular complexity index is 1350. The molecular formula is C50H75N. The van der Waals surface area contributed by atoms with Crippen molar-refractivity contribution in [3.8, 4) is 0 Å². The molecule has 0 aliphatic heterocycles. The smallest absolute Gasteiger partial charge is 0.0441 e. The third kappa shape index (κ3) is 7.90. The molecule has 3 saturated carbocycles. The van der Waals surface area contributed by atoms with Gasteiger partial charge in [0.05, 0.1) is 0 Å². The van der Waals surface area contributed by atoms with Gasteiger partial charge in [0.1, 0.15) is 0 Å². The van der Waals surface area contributed by atoms with E-state index in [0.717, 1.165) is 47.3 Å². The molecule has 0 aromatic carbocycles. The first-order valence-corrected chi connectivity index (χ1v) is 23.1. The highest BCUT2D eigenvalue weighted by molar-refractivity contribution is 5.36. The van der Waals surface area contributed by atoms with Crippen molar-refractivity contribution in [3.63, 3.8) is 0 Å². The van der Waals surface area contributed by atoms with Crippen molar-refractivity contribution in [2.45, 2.75) is 174 Å². The lowest BCUT2D eigenvalue weighted by Crippen LogP contribution is -2.46. The van der Waals surface area contributed by atoms with E-state index in [4.69, 9.17) is 0 Å². The number of nitrogens with one attached hydrogen (secondary N) is 1. The van der Waals surface area contributed by atoms with Crippen molar-refractivity contribution in [2.75, 3.05) is 0 Å². The van der Waals surface area contributed by atoms with Crippen molar-refractivity contribution in [1.82, 2.24) is 5.32 Å². The maximum absolute atomic E-state index is 4.27. The lowest BCUT2D eigenvalue weighted by atomic mass is 9.51. The summed E-state index contributed by atoms with van der Waals surface area (Å²) in [7, 11) is 0. The van der Waals surface area contributed by atoms with Crippen LogP contribution in [-0.4, -0.2) is 6.04 Å². The molecule has 0 radical (unpaired) electrons. The van der Waals surface area contributed by atoms with Gasteiger partial charge in [0.2, 0.25) is 0 Å².